The molecular formula is C9H4I2OS. The number of thiophene rings is 1. The largest absolute Gasteiger partial charge is 0.298 e. The van der Waals surface area contributed by atoms with Gasteiger partial charge in [0.1, 0.15) is 0 Å². The van der Waals surface area contributed by atoms with Gasteiger partial charge in [0, 0.05) is 22.8 Å². The van der Waals surface area contributed by atoms with Crippen LogP contribution in [0.5, 0.6) is 0 Å². The Morgan fingerprint density at radius 2 is 2.15 bits per heavy atom. The van der Waals surface area contributed by atoms with E-state index in [0.717, 1.165) is 19.0 Å². The number of hydrogen-bond acceptors (Lipinski definition) is 2. The fourth-order valence-electron chi connectivity index (χ4n) is 1.17. The fraction of sp³-hybridized carbons (Fsp3) is 0. The lowest BCUT2D eigenvalue weighted by atomic mass is 10.2. The van der Waals surface area contributed by atoms with Crippen molar-refractivity contribution in [2.75, 3.05) is 0 Å². The zero-order valence-corrected chi connectivity index (χ0v) is 11.5. The maximum atomic E-state index is 10.7. The number of aldehydes is 1. The normalized spacial score (nSPS) is 10.6. The van der Waals surface area contributed by atoms with Crippen LogP contribution in [0.15, 0.2) is 17.5 Å². The molecule has 0 fully saturated rings. The minimum atomic E-state index is 0.788. The summed E-state index contributed by atoms with van der Waals surface area (Å²) >= 11 is 6.21. The highest BCUT2D eigenvalue weighted by Crippen LogP contribution is 2.31. The second-order valence-corrected chi connectivity index (χ2v) is 5.70. The maximum absolute atomic E-state index is 10.7. The first-order chi connectivity index (χ1) is 6.24. The van der Waals surface area contributed by atoms with Gasteiger partial charge in [-0.2, -0.15) is 0 Å². The van der Waals surface area contributed by atoms with Crippen molar-refractivity contribution in [2.24, 2.45) is 0 Å². The molecule has 0 aliphatic rings. The van der Waals surface area contributed by atoms with Gasteiger partial charge in [0.05, 0.1) is 0 Å². The number of benzene rings is 1. The summed E-state index contributed by atoms with van der Waals surface area (Å²) < 4.78 is 3.49. The van der Waals surface area contributed by atoms with Gasteiger partial charge in [-0.05, 0) is 62.7 Å². The lowest BCUT2D eigenvalue weighted by molar-refractivity contribution is 0.112. The van der Waals surface area contributed by atoms with E-state index in [4.69, 9.17) is 0 Å². The molecule has 1 heterocycles. The lowest BCUT2D eigenvalue weighted by Crippen LogP contribution is -1.87. The van der Waals surface area contributed by atoms with Gasteiger partial charge < -0.3 is 0 Å². The molecule has 0 saturated heterocycles. The Bertz CT molecular complexity index is 476. The van der Waals surface area contributed by atoms with Crippen LogP contribution in [-0.4, -0.2) is 6.29 Å². The molecule has 2 rings (SSSR count). The number of hydrogen-bond donors (Lipinski definition) is 0. The molecule has 0 bridgehead atoms. The van der Waals surface area contributed by atoms with Crippen LogP contribution in [0.2, 0.25) is 0 Å². The van der Waals surface area contributed by atoms with Crippen molar-refractivity contribution < 1.29 is 4.79 Å². The Morgan fingerprint density at radius 1 is 1.38 bits per heavy atom. The van der Waals surface area contributed by atoms with Crippen LogP contribution in [0.3, 0.4) is 0 Å². The van der Waals surface area contributed by atoms with Gasteiger partial charge >= 0.3 is 0 Å². The summed E-state index contributed by atoms with van der Waals surface area (Å²) in [6.45, 7) is 0. The second-order valence-electron chi connectivity index (χ2n) is 2.54. The zero-order valence-electron chi connectivity index (χ0n) is 6.38. The molecule has 0 N–H and O–H groups in total. The number of carbonyl (C=O) groups is 1. The quantitative estimate of drug-likeness (QED) is 0.511. The Labute approximate surface area is 107 Å². The standard InChI is InChI=1S/C9H4I2OS/c10-7-3-5(4-12)8(11)6-1-2-13-9(6)7/h1-4H. The molecule has 2 aromatic rings. The van der Waals surface area contributed by atoms with Crippen molar-refractivity contribution in [2.45, 2.75) is 0 Å². The monoisotopic (exact) mass is 414 g/mol. The average molecular weight is 414 g/mol. The topological polar surface area (TPSA) is 17.1 Å². The Kier molecular flexibility index (Phi) is 2.89. The van der Waals surface area contributed by atoms with E-state index in [2.05, 4.69) is 56.6 Å². The van der Waals surface area contributed by atoms with Crippen LogP contribution in [0, 0.1) is 7.14 Å². The highest BCUT2D eigenvalue weighted by Gasteiger charge is 2.08. The third-order valence-electron chi connectivity index (χ3n) is 1.78. The third-order valence-corrected chi connectivity index (χ3v) is 5.15. The van der Waals surface area contributed by atoms with E-state index in [1.165, 1.54) is 10.1 Å². The molecule has 0 atom stereocenters. The molecular weight excluding hydrogens is 410 g/mol. The summed E-state index contributed by atoms with van der Waals surface area (Å²) in [5.74, 6) is 0. The smallest absolute Gasteiger partial charge is 0.151 e. The van der Waals surface area contributed by atoms with Crippen LogP contribution in [0.25, 0.3) is 10.1 Å². The summed E-state index contributed by atoms with van der Waals surface area (Å²) in [6.07, 6.45) is 0.918. The fourth-order valence-corrected chi connectivity index (χ4v) is 3.91. The maximum Gasteiger partial charge on any atom is 0.151 e. The van der Waals surface area contributed by atoms with E-state index in [1.54, 1.807) is 11.3 Å². The molecule has 0 amide bonds. The van der Waals surface area contributed by atoms with Gasteiger partial charge in [0.2, 0.25) is 0 Å². The summed E-state index contributed by atoms with van der Waals surface area (Å²) in [5.41, 5.74) is 0.788. The highest BCUT2D eigenvalue weighted by molar-refractivity contribution is 14.1. The first-order valence-electron chi connectivity index (χ1n) is 3.54. The Hall–Kier alpha value is 0.310. The minimum Gasteiger partial charge on any atom is -0.298 e. The zero-order chi connectivity index (χ0) is 9.42. The summed E-state index contributed by atoms with van der Waals surface area (Å²) in [4.78, 5) is 10.7. The number of rotatable bonds is 1. The van der Waals surface area contributed by atoms with Crippen LogP contribution in [-0.2, 0) is 0 Å². The van der Waals surface area contributed by atoms with E-state index in [9.17, 15) is 4.79 Å². The molecule has 4 heteroatoms. The number of fused-ring (bicyclic) bond motifs is 1. The second kappa shape index (κ2) is 3.82. The van der Waals surface area contributed by atoms with Gasteiger partial charge in [-0.1, -0.05) is 0 Å². The predicted octanol–water partition coefficient (Wildman–Crippen LogP) is 3.92. The SMILES string of the molecule is O=Cc1cc(I)c2sccc2c1I. The average Bonchev–Trinajstić information content (AvgIpc) is 2.60. The van der Waals surface area contributed by atoms with Gasteiger partial charge in [-0.15, -0.1) is 11.3 Å². The molecule has 1 nitrogen and oxygen atoms in total. The van der Waals surface area contributed by atoms with Gasteiger partial charge in [-0.3, -0.25) is 4.79 Å². The van der Waals surface area contributed by atoms with E-state index in [-0.39, 0.29) is 0 Å². The first-order valence-corrected chi connectivity index (χ1v) is 6.58. The molecule has 0 unspecified atom stereocenters. The molecule has 0 spiro atoms. The van der Waals surface area contributed by atoms with E-state index in [0.29, 0.717) is 0 Å². The van der Waals surface area contributed by atoms with Crippen LogP contribution in [0.1, 0.15) is 10.4 Å². The lowest BCUT2D eigenvalue weighted by Gasteiger charge is -2.00. The molecule has 0 saturated carbocycles. The minimum absolute atomic E-state index is 0.788. The Balaban J connectivity index is 2.93. The highest BCUT2D eigenvalue weighted by atomic mass is 127. The van der Waals surface area contributed by atoms with Crippen molar-refractivity contribution in [1.82, 2.24) is 0 Å². The van der Waals surface area contributed by atoms with Gasteiger partial charge in [-0.25, -0.2) is 0 Å². The molecule has 13 heavy (non-hydrogen) atoms. The predicted molar refractivity (Wildman–Crippen MR) is 72.6 cm³/mol. The number of carbonyl (C=O) groups excluding carboxylic acids is 1. The molecule has 1 aromatic carbocycles. The van der Waals surface area contributed by atoms with Crippen molar-refractivity contribution in [1.29, 1.82) is 0 Å². The van der Waals surface area contributed by atoms with Crippen LogP contribution < -0.4 is 0 Å². The molecule has 0 aliphatic carbocycles. The molecule has 0 radical (unpaired) electrons. The first kappa shape index (κ1) is 9.85. The molecule has 0 aliphatic heterocycles. The van der Waals surface area contributed by atoms with Crippen molar-refractivity contribution in [3.8, 4) is 0 Å². The molecule has 1 aromatic heterocycles. The summed E-state index contributed by atoms with van der Waals surface area (Å²) in [7, 11) is 0. The van der Waals surface area contributed by atoms with Crippen LogP contribution >= 0.6 is 56.5 Å². The van der Waals surface area contributed by atoms with Crippen LogP contribution in [0.4, 0.5) is 0 Å². The third kappa shape index (κ3) is 1.63. The van der Waals surface area contributed by atoms with Gasteiger partial charge in [0.15, 0.2) is 6.29 Å². The van der Waals surface area contributed by atoms with E-state index >= 15 is 0 Å². The van der Waals surface area contributed by atoms with Crippen molar-refractivity contribution in [3.05, 3.63) is 30.2 Å². The van der Waals surface area contributed by atoms with Gasteiger partial charge in [0.25, 0.3) is 0 Å². The van der Waals surface area contributed by atoms with E-state index < -0.39 is 0 Å². The number of halogens is 2. The summed E-state index contributed by atoms with van der Waals surface area (Å²) in [5, 5.41) is 3.25. The van der Waals surface area contributed by atoms with Crippen molar-refractivity contribution in [3.63, 3.8) is 0 Å². The Morgan fingerprint density at radius 3 is 2.85 bits per heavy atom. The molecule has 66 valence electrons. The van der Waals surface area contributed by atoms with Crippen molar-refractivity contribution >= 4 is 72.9 Å². The van der Waals surface area contributed by atoms with E-state index in [1.807, 2.05) is 6.07 Å². The summed E-state index contributed by atoms with van der Waals surface area (Å²) in [6, 6.07) is 4.01.